The van der Waals surface area contributed by atoms with Crippen molar-refractivity contribution in [2.24, 2.45) is 23.7 Å². The fourth-order valence-corrected chi connectivity index (χ4v) is 6.22. The zero-order chi connectivity index (χ0) is 18.7. The van der Waals surface area contributed by atoms with Gasteiger partial charge in [-0.25, -0.2) is 4.39 Å². The Morgan fingerprint density at radius 2 is 1.85 bits per heavy atom. The van der Waals surface area contributed by atoms with E-state index < -0.39 is 11.1 Å². The van der Waals surface area contributed by atoms with Gasteiger partial charge in [-0.15, -0.1) is 0 Å². The zero-order valence-electron chi connectivity index (χ0n) is 16.5. The molecule has 4 saturated carbocycles. The Balaban J connectivity index is 1.54. The Bertz CT molecular complexity index is 707. The van der Waals surface area contributed by atoms with Gasteiger partial charge in [-0.1, -0.05) is 6.07 Å². The van der Waals surface area contributed by atoms with Crippen molar-refractivity contribution < 1.29 is 13.9 Å². The van der Waals surface area contributed by atoms with Gasteiger partial charge < -0.3 is 4.74 Å². The van der Waals surface area contributed by atoms with E-state index in [0.29, 0.717) is 42.9 Å². The van der Waals surface area contributed by atoms with E-state index in [9.17, 15) is 9.18 Å². The Labute approximate surface area is 156 Å². The van der Waals surface area contributed by atoms with Gasteiger partial charge >= 0.3 is 0 Å². The first-order chi connectivity index (χ1) is 12.2. The lowest BCUT2D eigenvalue weighted by Crippen LogP contribution is -2.53. The lowest BCUT2D eigenvalue weighted by Gasteiger charge is -2.57. The van der Waals surface area contributed by atoms with Crippen LogP contribution in [-0.2, 0) is 10.2 Å². The summed E-state index contributed by atoms with van der Waals surface area (Å²) < 4.78 is 20.3. The van der Waals surface area contributed by atoms with Gasteiger partial charge in [0.25, 0.3) is 0 Å². The van der Waals surface area contributed by atoms with Gasteiger partial charge in [0.1, 0.15) is 17.2 Å². The molecular formula is C23H31FO2. The van der Waals surface area contributed by atoms with Crippen LogP contribution in [0.15, 0.2) is 18.2 Å². The maximum atomic E-state index is 14.9. The number of rotatable bonds is 5. The average Bonchev–Trinajstić information content (AvgIpc) is 2.55. The third kappa shape index (κ3) is 2.97. The first kappa shape index (κ1) is 18.0. The number of methoxy groups -OCH3 is 1. The number of ketones is 1. The fourth-order valence-electron chi connectivity index (χ4n) is 6.22. The van der Waals surface area contributed by atoms with E-state index in [1.807, 2.05) is 32.9 Å². The van der Waals surface area contributed by atoms with Crippen molar-refractivity contribution in [3.05, 3.63) is 29.3 Å². The third-order valence-corrected chi connectivity index (χ3v) is 7.52. The summed E-state index contributed by atoms with van der Waals surface area (Å²) in [4.78, 5) is 13.3. The minimum absolute atomic E-state index is 0.288. The lowest BCUT2D eigenvalue weighted by atomic mass is 9.49. The monoisotopic (exact) mass is 358 g/mol. The number of carbonyl (C=O) groups is 1. The summed E-state index contributed by atoms with van der Waals surface area (Å²) in [5.74, 6) is 2.87. The summed E-state index contributed by atoms with van der Waals surface area (Å²) in [6, 6.07) is 6.06. The molecule has 4 bridgehead atoms. The van der Waals surface area contributed by atoms with E-state index in [4.69, 9.17) is 4.74 Å². The van der Waals surface area contributed by atoms with Gasteiger partial charge in [0.15, 0.2) is 0 Å². The number of carbonyl (C=O) groups excluding carboxylic acids is 1. The van der Waals surface area contributed by atoms with Crippen LogP contribution in [0.5, 0.6) is 5.75 Å². The molecule has 0 amide bonds. The van der Waals surface area contributed by atoms with E-state index in [-0.39, 0.29) is 5.78 Å². The van der Waals surface area contributed by atoms with E-state index in [1.165, 1.54) is 0 Å². The first-order valence-electron chi connectivity index (χ1n) is 10.1. The zero-order valence-corrected chi connectivity index (χ0v) is 16.5. The second kappa shape index (κ2) is 6.07. The second-order valence-corrected chi connectivity index (χ2v) is 9.78. The predicted molar refractivity (Wildman–Crippen MR) is 101 cm³/mol. The molecule has 4 aliphatic rings. The molecule has 26 heavy (non-hydrogen) atoms. The molecule has 0 spiro atoms. The minimum Gasteiger partial charge on any atom is -0.497 e. The minimum atomic E-state index is -0.921. The van der Waals surface area contributed by atoms with Crippen molar-refractivity contribution in [3.8, 4) is 5.75 Å². The normalized spacial score (nSPS) is 35.6. The Kier molecular flexibility index (Phi) is 4.20. The first-order valence-corrected chi connectivity index (χ1v) is 10.1. The van der Waals surface area contributed by atoms with Crippen LogP contribution in [0.3, 0.4) is 0 Å². The van der Waals surface area contributed by atoms with Gasteiger partial charge in [-0.2, -0.15) is 0 Å². The smallest absolute Gasteiger partial charge is 0.143 e. The highest BCUT2D eigenvalue weighted by Gasteiger charge is 2.56. The van der Waals surface area contributed by atoms with Crippen molar-refractivity contribution in [2.75, 3.05) is 7.11 Å². The molecule has 0 saturated heterocycles. The number of benzene rings is 1. The van der Waals surface area contributed by atoms with Gasteiger partial charge in [0.05, 0.1) is 7.11 Å². The summed E-state index contributed by atoms with van der Waals surface area (Å²) in [6.45, 7) is 6.08. The van der Waals surface area contributed by atoms with Crippen LogP contribution in [-0.4, -0.2) is 18.6 Å². The molecule has 0 aromatic heterocycles. The maximum absolute atomic E-state index is 14.9. The van der Waals surface area contributed by atoms with Crippen molar-refractivity contribution in [2.45, 2.75) is 70.4 Å². The van der Waals surface area contributed by atoms with Crippen LogP contribution < -0.4 is 4.74 Å². The highest BCUT2D eigenvalue weighted by Crippen LogP contribution is 2.60. The SMILES string of the molecule is COc1cc(C)cc(C(C)(C)C(=O)CC2[C@@H]3CC4C[C@H]2CC(F)(C4)C3)c1. The number of hydrogen-bond acceptors (Lipinski definition) is 2. The number of ether oxygens (including phenoxy) is 1. The summed E-state index contributed by atoms with van der Waals surface area (Å²) in [7, 11) is 1.66. The maximum Gasteiger partial charge on any atom is 0.143 e. The molecule has 4 aliphatic carbocycles. The Hall–Kier alpha value is -1.38. The van der Waals surface area contributed by atoms with E-state index >= 15 is 0 Å². The van der Waals surface area contributed by atoms with Crippen LogP contribution in [0.4, 0.5) is 4.39 Å². The molecule has 0 radical (unpaired) electrons. The fraction of sp³-hybridized carbons (Fsp3) is 0.696. The predicted octanol–water partition coefficient (Wildman–Crippen LogP) is 5.40. The Morgan fingerprint density at radius 1 is 1.19 bits per heavy atom. The average molecular weight is 358 g/mol. The molecule has 0 heterocycles. The molecule has 4 fully saturated rings. The molecule has 5 rings (SSSR count). The molecule has 1 aromatic rings. The quantitative estimate of drug-likeness (QED) is 0.704. The number of Topliss-reactive ketones (excluding diaryl/α,β-unsaturated/α-hetero) is 1. The Morgan fingerprint density at radius 3 is 2.42 bits per heavy atom. The summed E-state index contributed by atoms with van der Waals surface area (Å²) in [5, 5.41) is 0. The number of alkyl halides is 1. The molecule has 5 atom stereocenters. The molecule has 2 nitrogen and oxygen atoms in total. The highest BCUT2D eigenvalue weighted by molar-refractivity contribution is 5.89. The molecular weight excluding hydrogens is 327 g/mol. The largest absolute Gasteiger partial charge is 0.497 e. The number of aryl methyl sites for hydroxylation is 1. The van der Waals surface area contributed by atoms with E-state index in [2.05, 4.69) is 6.07 Å². The highest BCUT2D eigenvalue weighted by atomic mass is 19.1. The van der Waals surface area contributed by atoms with Crippen LogP contribution in [0.25, 0.3) is 0 Å². The topological polar surface area (TPSA) is 26.3 Å². The van der Waals surface area contributed by atoms with Crippen molar-refractivity contribution >= 4 is 5.78 Å². The second-order valence-electron chi connectivity index (χ2n) is 9.78. The van der Waals surface area contributed by atoms with Crippen LogP contribution in [0, 0.1) is 30.6 Å². The molecule has 3 unspecified atom stereocenters. The van der Waals surface area contributed by atoms with Crippen LogP contribution in [0.2, 0.25) is 0 Å². The standard InChI is InChI=1S/C23H31FO2/c1-14-5-18(9-19(6-14)26-4)22(2,3)21(25)10-20-16-7-15-8-17(20)13-23(24,11-15)12-16/h5-6,9,15-17,20H,7-8,10-13H2,1-4H3/t15?,16-,17+,20?,23?. The van der Waals surface area contributed by atoms with Gasteiger partial charge in [0.2, 0.25) is 0 Å². The lowest BCUT2D eigenvalue weighted by molar-refractivity contribution is -0.136. The van der Waals surface area contributed by atoms with Gasteiger partial charge in [-0.3, -0.25) is 4.79 Å². The van der Waals surface area contributed by atoms with Gasteiger partial charge in [0, 0.05) is 11.8 Å². The summed E-state index contributed by atoms with van der Waals surface area (Å²) in [5.41, 5.74) is 0.663. The van der Waals surface area contributed by atoms with Crippen molar-refractivity contribution in [3.63, 3.8) is 0 Å². The summed E-state index contributed by atoms with van der Waals surface area (Å²) in [6.07, 6.45) is 5.03. The third-order valence-electron chi connectivity index (χ3n) is 7.52. The molecule has 142 valence electrons. The van der Waals surface area contributed by atoms with Crippen LogP contribution >= 0.6 is 0 Å². The van der Waals surface area contributed by atoms with E-state index in [0.717, 1.165) is 36.1 Å². The van der Waals surface area contributed by atoms with Crippen LogP contribution in [0.1, 0.15) is 63.5 Å². The summed E-state index contributed by atoms with van der Waals surface area (Å²) >= 11 is 0. The van der Waals surface area contributed by atoms with Crippen molar-refractivity contribution in [1.82, 2.24) is 0 Å². The van der Waals surface area contributed by atoms with E-state index in [1.54, 1.807) is 7.11 Å². The van der Waals surface area contributed by atoms with Crippen molar-refractivity contribution in [1.29, 1.82) is 0 Å². The molecule has 1 aromatic carbocycles. The molecule has 3 heteroatoms. The van der Waals surface area contributed by atoms with Gasteiger partial charge in [-0.05, 0) is 99.8 Å². The molecule has 0 N–H and O–H groups in total. The molecule has 0 aliphatic heterocycles. The number of halogens is 1. The number of hydrogen-bond donors (Lipinski definition) is 0.